The van der Waals surface area contributed by atoms with Gasteiger partial charge in [-0.2, -0.15) is 4.83 Å². The molecule has 1 aliphatic rings. The fourth-order valence-corrected chi connectivity index (χ4v) is 1.69. The molecule has 2 heterocycles. The number of quaternary nitrogens is 1. The van der Waals surface area contributed by atoms with Crippen molar-refractivity contribution in [2.45, 2.75) is 11.9 Å². The fraction of sp³-hybridized carbons (Fsp3) is 0.167. The average Bonchev–Trinajstić information content (AvgIpc) is 2.36. The van der Waals surface area contributed by atoms with Gasteiger partial charge in [-0.25, -0.2) is 10.4 Å². The van der Waals surface area contributed by atoms with Crippen molar-refractivity contribution >= 4 is 17.6 Å². The minimum atomic E-state index is 1.08. The molecule has 0 atom stereocenters. The number of hydrogen-bond acceptors (Lipinski definition) is 3. The Bertz CT molecular complexity index is 261. The van der Waals surface area contributed by atoms with Crippen molar-refractivity contribution in [1.29, 1.82) is 0 Å². The first-order valence-corrected chi connectivity index (χ1v) is 3.96. The van der Waals surface area contributed by atoms with E-state index < -0.39 is 0 Å². The summed E-state index contributed by atoms with van der Waals surface area (Å²) in [5.41, 5.74) is 5.56. The maximum absolute atomic E-state index is 4.19. The van der Waals surface area contributed by atoms with Crippen LogP contribution in [0.25, 0.3) is 0 Å². The molecule has 0 bridgehead atoms. The molecule has 10 heavy (non-hydrogen) atoms. The number of nitrogens with zero attached hydrogens (tertiary/aromatic N) is 1. The van der Waals surface area contributed by atoms with Crippen LogP contribution in [0.5, 0.6) is 0 Å². The molecule has 1 aliphatic heterocycles. The molecule has 0 amide bonds. The van der Waals surface area contributed by atoms with Crippen LogP contribution in [0.3, 0.4) is 0 Å². The third-order valence-electron chi connectivity index (χ3n) is 1.50. The highest BCUT2D eigenvalue weighted by Crippen LogP contribution is 2.25. The number of nitrogen functional groups attached to an aromatic ring is 1. The van der Waals surface area contributed by atoms with E-state index in [0.717, 1.165) is 10.7 Å². The quantitative estimate of drug-likeness (QED) is 0.417. The van der Waals surface area contributed by atoms with Gasteiger partial charge in [0.25, 0.3) is 0 Å². The van der Waals surface area contributed by atoms with E-state index in [9.17, 15) is 0 Å². The molecule has 0 unspecified atom stereocenters. The number of aromatic nitrogens is 1. The predicted molar refractivity (Wildman–Crippen MR) is 40.4 cm³/mol. The van der Waals surface area contributed by atoms with Gasteiger partial charge in [0, 0.05) is 6.20 Å². The lowest BCUT2D eigenvalue weighted by Crippen LogP contribution is -2.77. The Morgan fingerprint density at radius 2 is 2.60 bits per heavy atom. The number of rotatable bonds is 0. The maximum Gasteiger partial charge on any atom is 0.185 e. The summed E-state index contributed by atoms with van der Waals surface area (Å²) in [6.07, 6.45) is 1.84. The Hall–Kier alpha value is -0.740. The molecule has 0 aromatic carbocycles. The second kappa shape index (κ2) is 2.14. The number of aryl methyl sites for hydroxylation is 1. The second-order valence-electron chi connectivity index (χ2n) is 2.19. The fourth-order valence-electron chi connectivity index (χ4n) is 0.942. The first-order chi connectivity index (χ1) is 4.88. The lowest BCUT2D eigenvalue weighted by Gasteiger charge is -1.95. The zero-order chi connectivity index (χ0) is 6.97. The minimum Gasteiger partial charge on any atom is -0.242 e. The highest BCUT2D eigenvalue weighted by atomic mass is 32.2. The average molecular weight is 154 g/mol. The molecule has 3 N–H and O–H groups in total. The first-order valence-electron chi connectivity index (χ1n) is 3.08. The van der Waals surface area contributed by atoms with Gasteiger partial charge < -0.3 is 0 Å². The highest BCUT2D eigenvalue weighted by Gasteiger charge is 2.17. The summed E-state index contributed by atoms with van der Waals surface area (Å²) in [4.78, 5) is 6.14. The van der Waals surface area contributed by atoms with Crippen LogP contribution in [0.1, 0.15) is 5.56 Å². The molecule has 2 rings (SSSR count). The lowest BCUT2D eigenvalue weighted by molar-refractivity contribution is -0.438. The monoisotopic (exact) mass is 154 g/mol. The van der Waals surface area contributed by atoms with Crippen LogP contribution >= 0.6 is 11.9 Å². The summed E-state index contributed by atoms with van der Waals surface area (Å²) >= 11 is 1.63. The molecule has 0 saturated heterocycles. The Balaban J connectivity index is 2.59. The van der Waals surface area contributed by atoms with Crippen LogP contribution < -0.4 is 10.3 Å². The summed E-state index contributed by atoms with van der Waals surface area (Å²) in [5, 5.41) is 1.08. The summed E-state index contributed by atoms with van der Waals surface area (Å²) in [6, 6.07) is 2.01. The predicted octanol–water partition coefficient (Wildman–Crippen LogP) is 0.301. The summed E-state index contributed by atoms with van der Waals surface area (Å²) in [7, 11) is 0. The van der Waals surface area contributed by atoms with Gasteiger partial charge in [0.1, 0.15) is 5.69 Å². The third kappa shape index (κ3) is 0.767. The van der Waals surface area contributed by atoms with Gasteiger partial charge >= 0.3 is 0 Å². The molecule has 52 valence electrons. The van der Waals surface area contributed by atoms with E-state index in [4.69, 9.17) is 0 Å². The summed E-state index contributed by atoms with van der Waals surface area (Å²) < 4.78 is 0. The Labute approximate surface area is 63.3 Å². The molecule has 0 fully saturated rings. The van der Waals surface area contributed by atoms with Crippen molar-refractivity contribution in [3.8, 4) is 0 Å². The molecular weight excluding hydrogens is 146 g/mol. The van der Waals surface area contributed by atoms with Crippen LogP contribution in [0.2, 0.25) is 0 Å². The largest absolute Gasteiger partial charge is 0.242 e. The Morgan fingerprint density at radius 3 is 3.40 bits per heavy atom. The summed E-state index contributed by atoms with van der Waals surface area (Å²) in [5.74, 6) is 0. The van der Waals surface area contributed by atoms with Crippen LogP contribution in [-0.4, -0.2) is 4.98 Å². The van der Waals surface area contributed by atoms with Crippen LogP contribution in [0.4, 0.5) is 5.69 Å². The number of hydrogen-bond donors (Lipinski definition) is 2. The van der Waals surface area contributed by atoms with E-state index in [1.807, 2.05) is 17.1 Å². The van der Waals surface area contributed by atoms with Crippen molar-refractivity contribution in [1.82, 2.24) is 4.98 Å². The minimum absolute atomic E-state index is 1.08. The molecule has 0 spiro atoms. The third-order valence-corrected chi connectivity index (χ3v) is 2.27. The Morgan fingerprint density at radius 1 is 1.70 bits per heavy atom. The zero-order valence-electron chi connectivity index (χ0n) is 5.59. The molecule has 3 nitrogen and oxygen atoms in total. The van der Waals surface area contributed by atoms with Gasteiger partial charge in [-0.1, -0.05) is 0 Å². The van der Waals surface area contributed by atoms with Gasteiger partial charge in [0.15, 0.2) is 17.0 Å². The van der Waals surface area contributed by atoms with E-state index in [2.05, 4.69) is 17.3 Å². The number of anilines is 1. The molecule has 1 aromatic heterocycles. The molecule has 0 saturated carbocycles. The molecule has 4 heteroatoms. The standard InChI is InChI=1S/C6H7N3S/c1-4-2-3-7-6-5(4)8-9-10-6/h2-3,8-9H,1H3/p+1. The van der Waals surface area contributed by atoms with E-state index in [0.29, 0.717) is 0 Å². The highest BCUT2D eigenvalue weighted by molar-refractivity contribution is 7.93. The van der Waals surface area contributed by atoms with Crippen LogP contribution in [0, 0.1) is 6.92 Å². The van der Waals surface area contributed by atoms with Crippen molar-refractivity contribution in [2.24, 2.45) is 0 Å². The van der Waals surface area contributed by atoms with Crippen molar-refractivity contribution in [2.75, 3.05) is 5.43 Å². The molecule has 1 aromatic rings. The van der Waals surface area contributed by atoms with E-state index in [1.165, 1.54) is 5.56 Å². The van der Waals surface area contributed by atoms with Crippen LogP contribution in [0.15, 0.2) is 17.3 Å². The summed E-state index contributed by atoms with van der Waals surface area (Å²) in [6.45, 7) is 2.08. The number of pyridine rings is 1. The van der Waals surface area contributed by atoms with Gasteiger partial charge in [0.2, 0.25) is 0 Å². The number of fused-ring (bicyclic) bond motifs is 1. The lowest BCUT2D eigenvalue weighted by atomic mass is 10.3. The van der Waals surface area contributed by atoms with Gasteiger partial charge in [-0.15, -0.1) is 0 Å². The van der Waals surface area contributed by atoms with Crippen LogP contribution in [-0.2, 0) is 0 Å². The maximum atomic E-state index is 4.19. The van der Waals surface area contributed by atoms with Crippen molar-refractivity contribution in [3.05, 3.63) is 17.8 Å². The van der Waals surface area contributed by atoms with Crippen molar-refractivity contribution < 1.29 is 4.83 Å². The molecular formula is C6H8N3S+. The second-order valence-corrected chi connectivity index (χ2v) is 3.05. The molecule has 0 aliphatic carbocycles. The van der Waals surface area contributed by atoms with E-state index in [1.54, 1.807) is 11.9 Å². The SMILES string of the molecule is Cc1ccnc2c1N[NH2+]S2. The van der Waals surface area contributed by atoms with Gasteiger partial charge in [0.05, 0.1) is 0 Å². The topological polar surface area (TPSA) is 41.5 Å². The first kappa shape index (κ1) is 6.00. The Kier molecular flexibility index (Phi) is 1.28. The smallest absolute Gasteiger partial charge is 0.185 e. The number of nitrogens with two attached hydrogens (primary N) is 1. The van der Waals surface area contributed by atoms with Gasteiger partial charge in [-0.3, -0.25) is 0 Å². The zero-order valence-corrected chi connectivity index (χ0v) is 6.40. The number of nitrogens with one attached hydrogen (secondary N) is 1. The van der Waals surface area contributed by atoms with E-state index in [-0.39, 0.29) is 0 Å². The molecule has 0 radical (unpaired) electrons. The van der Waals surface area contributed by atoms with E-state index >= 15 is 0 Å². The van der Waals surface area contributed by atoms with Crippen molar-refractivity contribution in [3.63, 3.8) is 0 Å². The normalized spacial score (nSPS) is 14.5. The van der Waals surface area contributed by atoms with Gasteiger partial charge in [-0.05, 0) is 18.6 Å².